The molecule has 130 valence electrons. The molecule has 0 aliphatic heterocycles. The first-order valence-electron chi connectivity index (χ1n) is 7.84. The number of ether oxygens (including phenoxy) is 1. The van der Waals surface area contributed by atoms with Gasteiger partial charge < -0.3 is 9.15 Å². The van der Waals surface area contributed by atoms with E-state index < -0.39 is 0 Å². The third kappa shape index (κ3) is 4.11. The number of methoxy groups -OCH3 is 1. The van der Waals surface area contributed by atoms with E-state index in [0.717, 1.165) is 0 Å². The Labute approximate surface area is 148 Å². The molecule has 0 aliphatic rings. The number of thioether (sulfide) groups is 1. The van der Waals surface area contributed by atoms with Crippen LogP contribution >= 0.6 is 11.8 Å². The van der Waals surface area contributed by atoms with Crippen molar-refractivity contribution in [3.05, 3.63) is 64.6 Å². The van der Waals surface area contributed by atoms with Crippen molar-refractivity contribution in [1.82, 2.24) is 9.55 Å². The fourth-order valence-electron chi connectivity index (χ4n) is 2.47. The van der Waals surface area contributed by atoms with E-state index in [4.69, 9.17) is 4.42 Å². The Balaban J connectivity index is 1.88. The van der Waals surface area contributed by atoms with Crippen LogP contribution < -0.4 is 5.56 Å². The maximum Gasteiger partial charge on any atom is 0.306 e. The fraction of sp³-hybridized carbons (Fsp3) is 0.278. The predicted molar refractivity (Wildman–Crippen MR) is 96.6 cm³/mol. The molecule has 0 amide bonds. The van der Waals surface area contributed by atoms with Crippen LogP contribution in [-0.4, -0.2) is 28.4 Å². The molecule has 7 heteroatoms. The normalized spacial score (nSPS) is 10.9. The first kappa shape index (κ1) is 17.3. The summed E-state index contributed by atoms with van der Waals surface area (Å²) in [5.41, 5.74) is 0.581. The average Bonchev–Trinajstić information content (AvgIpc) is 3.14. The number of furan rings is 1. The molecule has 0 bridgehead atoms. The Hall–Kier alpha value is -2.54. The third-order valence-electron chi connectivity index (χ3n) is 3.74. The van der Waals surface area contributed by atoms with Crippen molar-refractivity contribution < 1.29 is 13.9 Å². The molecule has 3 rings (SSSR count). The van der Waals surface area contributed by atoms with E-state index in [0.29, 0.717) is 47.0 Å². The lowest BCUT2D eigenvalue weighted by Crippen LogP contribution is -2.25. The summed E-state index contributed by atoms with van der Waals surface area (Å²) in [5.74, 6) is 2.25. The van der Waals surface area contributed by atoms with Crippen molar-refractivity contribution in [2.45, 2.75) is 18.7 Å². The van der Waals surface area contributed by atoms with Gasteiger partial charge in [-0.2, -0.15) is 11.8 Å². The number of benzene rings is 1. The molecule has 3 aromatic rings. The summed E-state index contributed by atoms with van der Waals surface area (Å²) < 4.78 is 11.6. The van der Waals surface area contributed by atoms with Crippen LogP contribution in [0.2, 0.25) is 0 Å². The zero-order valence-corrected chi connectivity index (χ0v) is 14.6. The second-order valence-corrected chi connectivity index (χ2v) is 6.50. The van der Waals surface area contributed by atoms with E-state index in [9.17, 15) is 9.59 Å². The van der Waals surface area contributed by atoms with Gasteiger partial charge in [-0.1, -0.05) is 12.1 Å². The molecule has 0 saturated carbocycles. The standard InChI is InChI=1S/C18H18N2O4S/c1-23-17(21)8-10-25-12-16-19-15-7-3-2-6-14(15)18(22)20(16)11-13-5-4-9-24-13/h2-7,9H,8,10-12H2,1H3. The molecule has 0 fully saturated rings. The largest absolute Gasteiger partial charge is 0.469 e. The molecule has 0 aliphatic carbocycles. The van der Waals surface area contributed by atoms with Crippen LogP contribution in [-0.2, 0) is 21.8 Å². The average molecular weight is 358 g/mol. The molecule has 0 spiro atoms. The van der Waals surface area contributed by atoms with E-state index in [2.05, 4.69) is 9.72 Å². The number of fused-ring (bicyclic) bond motifs is 1. The lowest BCUT2D eigenvalue weighted by molar-refractivity contribution is -0.140. The van der Waals surface area contributed by atoms with Crippen molar-refractivity contribution in [2.75, 3.05) is 12.9 Å². The molecule has 0 unspecified atom stereocenters. The highest BCUT2D eigenvalue weighted by Gasteiger charge is 2.13. The maximum absolute atomic E-state index is 12.9. The van der Waals surface area contributed by atoms with Crippen molar-refractivity contribution in [2.24, 2.45) is 0 Å². The minimum atomic E-state index is -0.244. The highest BCUT2D eigenvalue weighted by molar-refractivity contribution is 7.98. The van der Waals surface area contributed by atoms with Crippen LogP contribution in [0.4, 0.5) is 0 Å². The number of hydrogen-bond acceptors (Lipinski definition) is 6. The quantitative estimate of drug-likeness (QED) is 0.478. The first-order chi connectivity index (χ1) is 12.2. The second kappa shape index (κ2) is 8.02. The SMILES string of the molecule is COC(=O)CCSCc1nc2ccccc2c(=O)n1Cc1ccco1. The van der Waals surface area contributed by atoms with Crippen LogP contribution in [0.3, 0.4) is 0 Å². The van der Waals surface area contributed by atoms with Gasteiger partial charge in [-0.25, -0.2) is 4.98 Å². The number of carbonyl (C=O) groups is 1. The number of carbonyl (C=O) groups excluding carboxylic acids is 1. The van der Waals surface area contributed by atoms with Gasteiger partial charge in [0.2, 0.25) is 0 Å². The minimum absolute atomic E-state index is 0.0921. The monoisotopic (exact) mass is 358 g/mol. The number of aromatic nitrogens is 2. The van der Waals surface area contributed by atoms with Crippen LogP contribution in [0.1, 0.15) is 18.0 Å². The number of nitrogens with zero attached hydrogens (tertiary/aromatic N) is 2. The number of hydrogen-bond donors (Lipinski definition) is 0. The highest BCUT2D eigenvalue weighted by Crippen LogP contribution is 2.16. The van der Waals surface area contributed by atoms with Gasteiger partial charge in [-0.15, -0.1) is 0 Å². The van der Waals surface area contributed by atoms with Crippen LogP contribution in [0.5, 0.6) is 0 Å². The number of rotatable bonds is 7. The molecule has 2 aromatic heterocycles. The summed E-state index contributed by atoms with van der Waals surface area (Å²) in [6.07, 6.45) is 1.91. The van der Waals surface area contributed by atoms with Gasteiger partial charge in [0.05, 0.1) is 43.0 Å². The van der Waals surface area contributed by atoms with Crippen LogP contribution in [0.15, 0.2) is 51.9 Å². The summed E-state index contributed by atoms with van der Waals surface area (Å²) in [5, 5.41) is 0.581. The molecule has 25 heavy (non-hydrogen) atoms. The van der Waals surface area contributed by atoms with Gasteiger partial charge in [0.1, 0.15) is 11.6 Å². The number of para-hydroxylation sites is 1. The van der Waals surface area contributed by atoms with Gasteiger partial charge in [0.15, 0.2) is 0 Å². The van der Waals surface area contributed by atoms with E-state index >= 15 is 0 Å². The first-order valence-corrected chi connectivity index (χ1v) is 9.00. The predicted octanol–water partition coefficient (Wildman–Crippen LogP) is 2.83. The second-order valence-electron chi connectivity index (χ2n) is 5.39. The topological polar surface area (TPSA) is 74.3 Å². The van der Waals surface area contributed by atoms with Gasteiger partial charge in [-0.3, -0.25) is 14.2 Å². The zero-order chi connectivity index (χ0) is 17.6. The van der Waals surface area contributed by atoms with E-state index in [1.165, 1.54) is 7.11 Å². The van der Waals surface area contributed by atoms with Crippen LogP contribution in [0, 0.1) is 0 Å². The molecule has 0 radical (unpaired) electrons. The fourth-order valence-corrected chi connectivity index (χ4v) is 3.32. The summed E-state index contributed by atoms with van der Waals surface area (Å²) >= 11 is 1.54. The Kier molecular flexibility index (Phi) is 5.55. The van der Waals surface area contributed by atoms with Gasteiger partial charge in [0.25, 0.3) is 5.56 Å². The molecule has 0 N–H and O–H groups in total. The van der Waals surface area contributed by atoms with E-state index in [1.807, 2.05) is 24.3 Å². The van der Waals surface area contributed by atoms with Gasteiger partial charge in [0, 0.05) is 5.75 Å². The Morgan fingerprint density at radius 1 is 1.28 bits per heavy atom. The summed E-state index contributed by atoms with van der Waals surface area (Å²) in [4.78, 5) is 28.7. The minimum Gasteiger partial charge on any atom is -0.469 e. The van der Waals surface area contributed by atoms with Crippen molar-refractivity contribution in [1.29, 1.82) is 0 Å². The summed E-state index contributed by atoms with van der Waals surface area (Å²) in [6, 6.07) is 10.9. The lowest BCUT2D eigenvalue weighted by Gasteiger charge is -2.12. The summed E-state index contributed by atoms with van der Waals surface area (Å²) in [6.45, 7) is 0.330. The molecular formula is C18H18N2O4S. The van der Waals surface area contributed by atoms with Crippen LogP contribution in [0.25, 0.3) is 10.9 Å². The summed E-state index contributed by atoms with van der Waals surface area (Å²) in [7, 11) is 1.37. The third-order valence-corrected chi connectivity index (χ3v) is 4.70. The molecule has 2 heterocycles. The van der Waals surface area contributed by atoms with Crippen molar-refractivity contribution in [3.8, 4) is 0 Å². The Morgan fingerprint density at radius 2 is 2.12 bits per heavy atom. The molecule has 0 atom stereocenters. The van der Waals surface area contributed by atoms with E-state index in [-0.39, 0.29) is 11.5 Å². The molecule has 0 saturated heterocycles. The number of esters is 1. The van der Waals surface area contributed by atoms with Crippen molar-refractivity contribution in [3.63, 3.8) is 0 Å². The highest BCUT2D eigenvalue weighted by atomic mass is 32.2. The van der Waals surface area contributed by atoms with E-state index in [1.54, 1.807) is 34.7 Å². The Morgan fingerprint density at radius 3 is 2.88 bits per heavy atom. The van der Waals surface area contributed by atoms with Gasteiger partial charge >= 0.3 is 5.97 Å². The zero-order valence-electron chi connectivity index (χ0n) is 13.8. The maximum atomic E-state index is 12.9. The molecule has 1 aromatic carbocycles. The van der Waals surface area contributed by atoms with Gasteiger partial charge in [-0.05, 0) is 24.3 Å². The Bertz CT molecular complexity index is 918. The molecule has 6 nitrogen and oxygen atoms in total. The lowest BCUT2D eigenvalue weighted by atomic mass is 10.2. The van der Waals surface area contributed by atoms with Crippen molar-refractivity contribution >= 4 is 28.6 Å². The smallest absolute Gasteiger partial charge is 0.306 e. The molecular weight excluding hydrogens is 340 g/mol.